The average Bonchev–Trinajstić information content (AvgIpc) is 2.45. The highest BCUT2D eigenvalue weighted by Crippen LogP contribution is 2.35. The summed E-state index contributed by atoms with van der Waals surface area (Å²) in [6.45, 7) is 6.07. The zero-order valence-electron chi connectivity index (χ0n) is 9.16. The molecule has 0 aromatic carbocycles. The Bertz CT molecular complexity index is 285. The van der Waals surface area contributed by atoms with Crippen molar-refractivity contribution in [3.63, 3.8) is 0 Å². The Labute approximate surface area is 88.1 Å². The maximum atomic E-state index is 13.1. The molecule has 0 saturated carbocycles. The molecule has 5 heteroatoms. The Hall–Kier alpha value is -1.13. The van der Waals surface area contributed by atoms with Crippen molar-refractivity contribution in [3.05, 3.63) is 0 Å². The second kappa shape index (κ2) is 3.79. The lowest BCUT2D eigenvalue weighted by Crippen LogP contribution is -2.39. The van der Waals surface area contributed by atoms with Crippen molar-refractivity contribution in [2.75, 3.05) is 6.54 Å². The number of hydrogen-bond acceptors (Lipinski definition) is 2. The quantitative estimate of drug-likeness (QED) is 0.708. The fourth-order valence-corrected chi connectivity index (χ4v) is 1.66. The van der Waals surface area contributed by atoms with Crippen molar-refractivity contribution in [2.45, 2.75) is 33.5 Å². The number of carbonyl (C=O) groups excluding carboxylic acids is 1. The molecule has 1 aliphatic heterocycles. The Balaban J connectivity index is 2.73. The molecule has 15 heavy (non-hydrogen) atoms. The third kappa shape index (κ3) is 2.46. The first-order valence-corrected chi connectivity index (χ1v) is 4.90. The smallest absolute Gasteiger partial charge is 0.359 e. The van der Waals surface area contributed by atoms with Gasteiger partial charge >= 0.3 is 5.97 Å². The lowest BCUT2D eigenvalue weighted by Gasteiger charge is -2.26. The van der Waals surface area contributed by atoms with E-state index in [1.807, 2.05) is 20.8 Å². The molecule has 0 aromatic heterocycles. The number of rotatable bonds is 2. The first kappa shape index (κ1) is 11.9. The molecule has 2 atom stereocenters. The van der Waals surface area contributed by atoms with E-state index in [2.05, 4.69) is 0 Å². The van der Waals surface area contributed by atoms with E-state index >= 15 is 0 Å². The number of carbonyl (C=O) groups is 2. The van der Waals surface area contributed by atoms with Crippen LogP contribution in [-0.2, 0) is 9.59 Å². The zero-order valence-corrected chi connectivity index (χ0v) is 9.16. The Morgan fingerprint density at radius 1 is 1.60 bits per heavy atom. The molecule has 2 unspecified atom stereocenters. The maximum absolute atomic E-state index is 13.1. The second-order valence-corrected chi connectivity index (χ2v) is 4.99. The van der Waals surface area contributed by atoms with Crippen molar-refractivity contribution in [3.8, 4) is 0 Å². The number of alkyl halides is 1. The summed E-state index contributed by atoms with van der Waals surface area (Å²) in [6, 6.07) is 0. The summed E-state index contributed by atoms with van der Waals surface area (Å²) < 4.78 is 13.1. The predicted octanol–water partition coefficient (Wildman–Crippen LogP) is 1.26. The lowest BCUT2D eigenvalue weighted by molar-refractivity contribution is -0.155. The second-order valence-electron chi connectivity index (χ2n) is 4.99. The van der Waals surface area contributed by atoms with E-state index in [1.165, 1.54) is 0 Å². The molecule has 0 bridgehead atoms. The van der Waals surface area contributed by atoms with Crippen LogP contribution in [-0.4, -0.2) is 34.7 Å². The number of aliphatic carboxylic acids is 1. The average molecular weight is 217 g/mol. The highest BCUT2D eigenvalue weighted by Gasteiger charge is 2.41. The highest BCUT2D eigenvalue weighted by molar-refractivity contribution is 5.84. The molecule has 1 amide bonds. The fraction of sp³-hybridized carbons (Fsp3) is 0.800. The van der Waals surface area contributed by atoms with Crippen LogP contribution in [0, 0.1) is 11.3 Å². The van der Waals surface area contributed by atoms with Gasteiger partial charge in [-0.25, -0.2) is 9.18 Å². The monoisotopic (exact) mass is 217 g/mol. The molecule has 1 fully saturated rings. The zero-order chi connectivity index (χ0) is 11.8. The summed E-state index contributed by atoms with van der Waals surface area (Å²) in [7, 11) is 0. The molecule has 0 radical (unpaired) electrons. The Morgan fingerprint density at radius 2 is 2.13 bits per heavy atom. The Kier molecular flexibility index (Phi) is 3.02. The number of hydrogen-bond donors (Lipinski definition) is 1. The van der Waals surface area contributed by atoms with Crippen molar-refractivity contribution in [1.29, 1.82) is 0 Å². The van der Waals surface area contributed by atoms with E-state index < -0.39 is 18.2 Å². The van der Waals surface area contributed by atoms with E-state index in [0.29, 0.717) is 0 Å². The van der Waals surface area contributed by atoms with Gasteiger partial charge in [-0.1, -0.05) is 20.8 Å². The molecule has 0 spiro atoms. The normalized spacial score (nSPS) is 24.4. The number of carboxylic acids is 1. The number of halogens is 1. The van der Waals surface area contributed by atoms with E-state index in [4.69, 9.17) is 5.11 Å². The SMILES string of the molecule is CC(C)(C)C1CC(=O)N(C(F)C(=O)O)C1. The van der Waals surface area contributed by atoms with Crippen LogP contribution in [0.2, 0.25) is 0 Å². The van der Waals surface area contributed by atoms with E-state index in [-0.39, 0.29) is 24.3 Å². The lowest BCUT2D eigenvalue weighted by atomic mass is 9.80. The van der Waals surface area contributed by atoms with Crippen LogP contribution in [0.5, 0.6) is 0 Å². The first-order chi connectivity index (χ1) is 6.73. The highest BCUT2D eigenvalue weighted by atomic mass is 19.1. The third-order valence-corrected chi connectivity index (χ3v) is 2.86. The summed E-state index contributed by atoms with van der Waals surface area (Å²) >= 11 is 0. The van der Waals surface area contributed by atoms with Crippen LogP contribution in [0.3, 0.4) is 0 Å². The molecule has 4 nitrogen and oxygen atoms in total. The largest absolute Gasteiger partial charge is 0.478 e. The van der Waals surface area contributed by atoms with Gasteiger partial charge in [-0.3, -0.25) is 4.79 Å². The predicted molar refractivity (Wildman–Crippen MR) is 51.8 cm³/mol. The minimum atomic E-state index is -2.20. The van der Waals surface area contributed by atoms with Crippen LogP contribution < -0.4 is 0 Å². The van der Waals surface area contributed by atoms with Gasteiger partial charge in [-0.05, 0) is 11.3 Å². The molecule has 1 saturated heterocycles. The number of carboxylic acid groups (broad SMARTS) is 1. The fourth-order valence-electron chi connectivity index (χ4n) is 1.66. The van der Waals surface area contributed by atoms with Gasteiger partial charge in [0.2, 0.25) is 5.91 Å². The van der Waals surface area contributed by atoms with Crippen LogP contribution >= 0.6 is 0 Å². The van der Waals surface area contributed by atoms with Crippen LogP contribution in [0.25, 0.3) is 0 Å². The van der Waals surface area contributed by atoms with Crippen molar-refractivity contribution >= 4 is 11.9 Å². The molecule has 1 aliphatic rings. The molecular weight excluding hydrogens is 201 g/mol. The molecule has 0 aromatic rings. The van der Waals surface area contributed by atoms with Crippen molar-refractivity contribution < 1.29 is 19.1 Å². The summed E-state index contributed by atoms with van der Waals surface area (Å²) in [4.78, 5) is 22.6. The first-order valence-electron chi connectivity index (χ1n) is 4.90. The van der Waals surface area contributed by atoms with Gasteiger partial charge in [-0.2, -0.15) is 0 Å². The maximum Gasteiger partial charge on any atom is 0.359 e. The third-order valence-electron chi connectivity index (χ3n) is 2.86. The standard InChI is InChI=1S/C10H16FNO3/c1-10(2,3)6-4-7(13)12(5-6)8(11)9(14)15/h6,8H,4-5H2,1-3H3,(H,14,15). The molecule has 86 valence electrons. The summed E-state index contributed by atoms with van der Waals surface area (Å²) in [5.74, 6) is -2.00. The molecule has 1 heterocycles. The van der Waals surface area contributed by atoms with Crippen molar-refractivity contribution in [2.24, 2.45) is 11.3 Å². The van der Waals surface area contributed by atoms with E-state index in [0.717, 1.165) is 4.90 Å². The van der Waals surface area contributed by atoms with E-state index in [1.54, 1.807) is 0 Å². The number of amides is 1. The minimum absolute atomic E-state index is 0.0163. The van der Waals surface area contributed by atoms with Crippen LogP contribution in [0.4, 0.5) is 4.39 Å². The van der Waals surface area contributed by atoms with Gasteiger partial charge < -0.3 is 10.0 Å². The van der Waals surface area contributed by atoms with E-state index in [9.17, 15) is 14.0 Å². The van der Waals surface area contributed by atoms with Gasteiger partial charge in [-0.15, -0.1) is 0 Å². The summed E-state index contributed by atoms with van der Waals surface area (Å²) in [5, 5.41) is 8.48. The van der Waals surface area contributed by atoms with Gasteiger partial charge in [0, 0.05) is 13.0 Å². The van der Waals surface area contributed by atoms with Gasteiger partial charge in [0.05, 0.1) is 0 Å². The van der Waals surface area contributed by atoms with Gasteiger partial charge in [0.25, 0.3) is 6.30 Å². The number of nitrogens with zero attached hydrogens (tertiary/aromatic N) is 1. The minimum Gasteiger partial charge on any atom is -0.478 e. The number of likely N-dealkylation sites (tertiary alicyclic amines) is 1. The summed E-state index contributed by atoms with van der Waals surface area (Å²) in [5.41, 5.74) is -0.108. The molecule has 1 N–H and O–H groups in total. The molecule has 1 rings (SSSR count). The van der Waals surface area contributed by atoms with Crippen LogP contribution in [0.1, 0.15) is 27.2 Å². The topological polar surface area (TPSA) is 57.6 Å². The molecule has 0 aliphatic carbocycles. The molecular formula is C10H16FNO3. The Morgan fingerprint density at radius 3 is 2.47 bits per heavy atom. The summed E-state index contributed by atoms with van der Waals surface area (Å²) in [6.07, 6.45) is -1.97. The van der Waals surface area contributed by atoms with Gasteiger partial charge in [0.1, 0.15) is 0 Å². The van der Waals surface area contributed by atoms with Gasteiger partial charge in [0.15, 0.2) is 0 Å². The van der Waals surface area contributed by atoms with Crippen molar-refractivity contribution in [1.82, 2.24) is 4.90 Å². The van der Waals surface area contributed by atoms with Crippen LogP contribution in [0.15, 0.2) is 0 Å².